The van der Waals surface area contributed by atoms with E-state index in [1.807, 2.05) is 13.0 Å². The Morgan fingerprint density at radius 3 is 2.78 bits per heavy atom. The van der Waals surface area contributed by atoms with Crippen LogP contribution in [0.15, 0.2) is 36.7 Å². The van der Waals surface area contributed by atoms with Gasteiger partial charge in [-0.15, -0.1) is 0 Å². The zero-order chi connectivity index (χ0) is 12.5. The normalized spacial score (nSPS) is 21.7. The molecule has 18 heavy (non-hydrogen) atoms. The average molecular weight is 260 g/mol. The molecule has 1 N–H and O–H groups in total. The average Bonchev–Trinajstić information content (AvgIpc) is 3.15. The maximum atomic E-state index is 5.98. The summed E-state index contributed by atoms with van der Waals surface area (Å²) in [6.45, 7) is 1.94. The Hall–Kier alpha value is -1.61. The van der Waals surface area contributed by atoms with Crippen molar-refractivity contribution in [3.05, 3.63) is 52.9 Å². The van der Waals surface area contributed by atoms with E-state index in [0.717, 1.165) is 17.8 Å². The molecule has 1 heterocycles. The van der Waals surface area contributed by atoms with Gasteiger partial charge in [0, 0.05) is 17.5 Å². The molecule has 0 bridgehead atoms. The van der Waals surface area contributed by atoms with E-state index >= 15 is 0 Å². The summed E-state index contributed by atoms with van der Waals surface area (Å²) in [4.78, 5) is 8.20. The fourth-order valence-corrected chi connectivity index (χ4v) is 2.31. The van der Waals surface area contributed by atoms with Gasteiger partial charge in [0.15, 0.2) is 0 Å². The Balaban J connectivity index is 1.71. The summed E-state index contributed by atoms with van der Waals surface area (Å²) in [7, 11) is 0. The Labute approximate surface area is 111 Å². The van der Waals surface area contributed by atoms with Crippen molar-refractivity contribution in [3.8, 4) is 0 Å². The molecule has 1 fully saturated rings. The second-order valence-electron chi connectivity index (χ2n) is 4.64. The topological polar surface area (TPSA) is 37.8 Å². The van der Waals surface area contributed by atoms with E-state index in [4.69, 9.17) is 11.6 Å². The summed E-state index contributed by atoms with van der Waals surface area (Å²) in [6.07, 6.45) is 2.64. The molecule has 0 radical (unpaired) electrons. The molecule has 4 heteroatoms. The van der Waals surface area contributed by atoms with Crippen LogP contribution in [-0.2, 0) is 0 Å². The van der Waals surface area contributed by atoms with Gasteiger partial charge >= 0.3 is 0 Å². The molecule has 2 aromatic rings. The van der Waals surface area contributed by atoms with Gasteiger partial charge in [0.25, 0.3) is 0 Å². The first-order valence-corrected chi connectivity index (χ1v) is 6.42. The Morgan fingerprint density at radius 1 is 1.22 bits per heavy atom. The minimum Gasteiger partial charge on any atom is -0.366 e. The van der Waals surface area contributed by atoms with Crippen LogP contribution >= 0.6 is 11.6 Å². The van der Waals surface area contributed by atoms with Crippen molar-refractivity contribution in [2.45, 2.75) is 25.3 Å². The van der Waals surface area contributed by atoms with Gasteiger partial charge in [0.05, 0.1) is 0 Å². The molecule has 92 valence electrons. The lowest BCUT2D eigenvalue weighted by molar-refractivity contribution is 1.01. The third-order valence-electron chi connectivity index (χ3n) is 3.36. The van der Waals surface area contributed by atoms with Gasteiger partial charge in [0.1, 0.15) is 17.3 Å². The minimum absolute atomic E-state index is 0.456. The first-order chi connectivity index (χ1) is 8.75. The van der Waals surface area contributed by atoms with E-state index in [9.17, 15) is 0 Å². The first-order valence-electron chi connectivity index (χ1n) is 6.04. The lowest BCUT2D eigenvalue weighted by Gasteiger charge is -2.08. The van der Waals surface area contributed by atoms with Crippen LogP contribution < -0.4 is 5.32 Å². The Bertz CT molecular complexity index is 556. The second kappa shape index (κ2) is 4.58. The van der Waals surface area contributed by atoms with Crippen LogP contribution in [0.4, 0.5) is 5.82 Å². The van der Waals surface area contributed by atoms with Gasteiger partial charge in [-0.05, 0) is 18.9 Å². The van der Waals surface area contributed by atoms with Crippen LogP contribution in [0.5, 0.6) is 0 Å². The molecule has 1 aromatic carbocycles. The molecule has 2 unspecified atom stereocenters. The summed E-state index contributed by atoms with van der Waals surface area (Å²) in [5.74, 6) is 1.43. The zero-order valence-corrected chi connectivity index (χ0v) is 10.9. The number of rotatable bonds is 3. The van der Waals surface area contributed by atoms with Gasteiger partial charge in [-0.25, -0.2) is 9.97 Å². The molecular formula is C14H14ClN3. The van der Waals surface area contributed by atoms with Gasteiger partial charge in [0.2, 0.25) is 0 Å². The molecule has 1 aliphatic rings. The molecule has 3 rings (SSSR count). The lowest BCUT2D eigenvalue weighted by atomic mass is 10.1. The van der Waals surface area contributed by atoms with Gasteiger partial charge < -0.3 is 5.32 Å². The second-order valence-corrected chi connectivity index (χ2v) is 5.00. The number of hydrogen-bond donors (Lipinski definition) is 1. The summed E-state index contributed by atoms with van der Waals surface area (Å²) in [5.41, 5.74) is 2.30. The highest BCUT2D eigenvalue weighted by molar-refractivity contribution is 6.30. The van der Waals surface area contributed by atoms with Crippen LogP contribution in [0, 0.1) is 6.92 Å². The fourth-order valence-electron chi connectivity index (χ4n) is 2.17. The van der Waals surface area contributed by atoms with Crippen molar-refractivity contribution < 1.29 is 0 Å². The monoisotopic (exact) mass is 259 g/mol. The quantitative estimate of drug-likeness (QED) is 0.859. The summed E-state index contributed by atoms with van der Waals surface area (Å²) < 4.78 is 0. The maximum Gasteiger partial charge on any atom is 0.137 e. The van der Waals surface area contributed by atoms with Crippen molar-refractivity contribution in [2.75, 3.05) is 5.32 Å². The third-order valence-corrected chi connectivity index (χ3v) is 3.74. The predicted molar refractivity (Wildman–Crippen MR) is 73.0 cm³/mol. The van der Waals surface area contributed by atoms with Crippen LogP contribution in [0.25, 0.3) is 0 Å². The first kappa shape index (κ1) is 11.5. The zero-order valence-electron chi connectivity index (χ0n) is 10.1. The number of halogens is 1. The fraction of sp³-hybridized carbons (Fsp3) is 0.286. The highest BCUT2D eigenvalue weighted by Gasteiger charge is 2.38. The van der Waals surface area contributed by atoms with Crippen molar-refractivity contribution in [1.29, 1.82) is 0 Å². The van der Waals surface area contributed by atoms with Crippen LogP contribution in [0.2, 0.25) is 5.15 Å². The summed E-state index contributed by atoms with van der Waals surface area (Å²) >= 11 is 5.98. The summed E-state index contributed by atoms with van der Waals surface area (Å²) in [6, 6.07) is 11.0. The van der Waals surface area contributed by atoms with Gasteiger partial charge in [-0.3, -0.25) is 0 Å². The van der Waals surface area contributed by atoms with Crippen LogP contribution in [0.3, 0.4) is 0 Å². The van der Waals surface area contributed by atoms with Gasteiger partial charge in [-0.2, -0.15) is 0 Å². The molecule has 1 aromatic heterocycles. The molecule has 0 amide bonds. The minimum atomic E-state index is 0.456. The lowest BCUT2D eigenvalue weighted by Crippen LogP contribution is -2.08. The number of hydrogen-bond acceptors (Lipinski definition) is 3. The maximum absolute atomic E-state index is 5.98. The van der Waals surface area contributed by atoms with E-state index in [-0.39, 0.29) is 0 Å². The number of nitrogens with one attached hydrogen (secondary N) is 1. The molecule has 0 aliphatic heterocycles. The Morgan fingerprint density at radius 2 is 2.00 bits per heavy atom. The van der Waals surface area contributed by atoms with Crippen LogP contribution in [0.1, 0.15) is 23.5 Å². The number of aromatic nitrogens is 2. The molecule has 0 spiro atoms. The molecule has 1 saturated carbocycles. The molecule has 0 saturated heterocycles. The molecule has 1 aliphatic carbocycles. The third kappa shape index (κ3) is 2.18. The van der Waals surface area contributed by atoms with Crippen molar-refractivity contribution >= 4 is 17.4 Å². The number of anilines is 1. The van der Waals surface area contributed by atoms with Crippen molar-refractivity contribution in [1.82, 2.24) is 9.97 Å². The smallest absolute Gasteiger partial charge is 0.137 e. The van der Waals surface area contributed by atoms with E-state index in [1.54, 1.807) is 0 Å². The molecule has 2 atom stereocenters. The standard InChI is InChI=1S/C14H14ClN3/c1-9-13(15)16-8-17-14(9)18-12-7-11(12)10-5-3-2-4-6-10/h2-6,8,11-12H,7H2,1H3,(H,16,17,18). The number of nitrogens with zero attached hydrogens (tertiary/aromatic N) is 2. The van der Waals surface area contributed by atoms with E-state index in [1.165, 1.54) is 11.9 Å². The largest absolute Gasteiger partial charge is 0.366 e. The SMILES string of the molecule is Cc1c(Cl)ncnc1NC1CC1c1ccccc1. The van der Waals surface area contributed by atoms with E-state index in [2.05, 4.69) is 39.6 Å². The molecular weight excluding hydrogens is 246 g/mol. The number of benzene rings is 1. The Kier molecular flexibility index (Phi) is 2.92. The molecule has 3 nitrogen and oxygen atoms in total. The van der Waals surface area contributed by atoms with Gasteiger partial charge in [-0.1, -0.05) is 41.9 Å². The van der Waals surface area contributed by atoms with Crippen LogP contribution in [-0.4, -0.2) is 16.0 Å². The van der Waals surface area contributed by atoms with E-state index in [0.29, 0.717) is 17.1 Å². The summed E-state index contributed by atoms with van der Waals surface area (Å²) in [5, 5.41) is 3.96. The highest BCUT2D eigenvalue weighted by atomic mass is 35.5. The van der Waals surface area contributed by atoms with Crippen molar-refractivity contribution in [2.24, 2.45) is 0 Å². The highest BCUT2D eigenvalue weighted by Crippen LogP contribution is 2.42. The van der Waals surface area contributed by atoms with E-state index < -0.39 is 0 Å². The van der Waals surface area contributed by atoms with Crippen molar-refractivity contribution in [3.63, 3.8) is 0 Å². The predicted octanol–water partition coefficient (Wildman–Crippen LogP) is 3.41.